The third-order valence-corrected chi connectivity index (χ3v) is 3.63. The van der Waals surface area contributed by atoms with Gasteiger partial charge in [0.05, 0.1) is 12.2 Å². The van der Waals surface area contributed by atoms with E-state index in [4.69, 9.17) is 10.5 Å². The molecule has 2 rings (SSSR count). The first-order valence-corrected chi connectivity index (χ1v) is 7.32. The third kappa shape index (κ3) is 4.01. The monoisotopic (exact) mass is 351 g/mol. The van der Waals surface area contributed by atoms with Gasteiger partial charge in [-0.15, -0.1) is 0 Å². The summed E-state index contributed by atoms with van der Waals surface area (Å²) in [6.45, 7) is 0.934. The van der Waals surface area contributed by atoms with Crippen LogP contribution in [0.3, 0.4) is 0 Å². The summed E-state index contributed by atoms with van der Waals surface area (Å²) < 4.78 is 8.34. The van der Waals surface area contributed by atoms with E-state index >= 15 is 0 Å². The summed E-state index contributed by atoms with van der Waals surface area (Å²) in [7, 11) is 3.55. The zero-order chi connectivity index (χ0) is 15.4. The van der Waals surface area contributed by atoms with Crippen LogP contribution in [0.4, 0.5) is 5.69 Å². The molecule has 0 aliphatic rings. The lowest BCUT2D eigenvalue weighted by Crippen LogP contribution is -2.32. The molecule has 112 valence electrons. The number of benzene rings is 1. The molecule has 0 bridgehead atoms. The Kier molecular flexibility index (Phi) is 4.90. The van der Waals surface area contributed by atoms with Crippen LogP contribution >= 0.6 is 15.9 Å². The second-order valence-corrected chi connectivity index (χ2v) is 5.71. The van der Waals surface area contributed by atoms with Gasteiger partial charge >= 0.3 is 0 Å². The summed E-state index contributed by atoms with van der Waals surface area (Å²) in [5.74, 6) is 0.704. The maximum Gasteiger partial charge on any atom is 0.270 e. The van der Waals surface area contributed by atoms with Crippen molar-refractivity contribution in [3.05, 3.63) is 46.7 Å². The van der Waals surface area contributed by atoms with Crippen molar-refractivity contribution in [3.63, 3.8) is 0 Å². The minimum absolute atomic E-state index is 0.0754. The maximum atomic E-state index is 12.3. The molecule has 0 saturated heterocycles. The number of anilines is 1. The number of amides is 1. The quantitative estimate of drug-likeness (QED) is 0.900. The van der Waals surface area contributed by atoms with E-state index in [0.29, 0.717) is 24.5 Å². The van der Waals surface area contributed by atoms with Gasteiger partial charge in [0.15, 0.2) is 0 Å². The number of nitrogen functional groups attached to an aromatic ring is 1. The van der Waals surface area contributed by atoms with Crippen LogP contribution in [0.25, 0.3) is 0 Å². The number of likely N-dealkylation sites (N-methyl/N-ethyl adjacent to an activating group) is 1. The fraction of sp³-hybridized carbons (Fsp3) is 0.267. The van der Waals surface area contributed by atoms with Gasteiger partial charge < -0.3 is 19.9 Å². The van der Waals surface area contributed by atoms with Crippen LogP contribution in [0.5, 0.6) is 5.75 Å². The van der Waals surface area contributed by atoms with E-state index in [-0.39, 0.29) is 5.91 Å². The molecule has 0 spiro atoms. The minimum Gasteiger partial charge on any atom is -0.492 e. The zero-order valence-corrected chi connectivity index (χ0v) is 13.6. The molecule has 0 unspecified atom stereocenters. The Morgan fingerprint density at radius 3 is 2.62 bits per heavy atom. The molecule has 1 heterocycles. The average Bonchev–Trinajstić information content (AvgIpc) is 2.79. The molecule has 0 aliphatic carbocycles. The number of halogens is 1. The number of hydrogen-bond donors (Lipinski definition) is 1. The number of nitrogens with zero attached hydrogens (tertiary/aromatic N) is 2. The fourth-order valence-electron chi connectivity index (χ4n) is 1.93. The molecule has 0 atom stereocenters. The molecule has 21 heavy (non-hydrogen) atoms. The summed E-state index contributed by atoms with van der Waals surface area (Å²) in [6, 6.07) is 9.26. The molecule has 5 nitrogen and oxygen atoms in total. The molecule has 1 aromatic heterocycles. The fourth-order valence-corrected chi connectivity index (χ4v) is 2.20. The van der Waals surface area contributed by atoms with Gasteiger partial charge in [-0.3, -0.25) is 4.79 Å². The van der Waals surface area contributed by atoms with Crippen molar-refractivity contribution < 1.29 is 9.53 Å². The third-order valence-electron chi connectivity index (χ3n) is 3.10. The predicted molar refractivity (Wildman–Crippen MR) is 86.4 cm³/mol. The van der Waals surface area contributed by atoms with Crippen molar-refractivity contribution in [2.45, 2.75) is 0 Å². The van der Waals surface area contributed by atoms with Crippen molar-refractivity contribution in [2.75, 3.05) is 25.9 Å². The number of carbonyl (C=O) groups excluding carboxylic acids is 1. The van der Waals surface area contributed by atoms with Crippen LogP contribution in [-0.2, 0) is 7.05 Å². The highest BCUT2D eigenvalue weighted by Crippen LogP contribution is 2.16. The first-order chi connectivity index (χ1) is 9.97. The SMILES string of the molecule is CN(CCOc1ccc(Br)cc1)C(=O)c1cc(N)cn1C. The lowest BCUT2D eigenvalue weighted by atomic mass is 10.3. The topological polar surface area (TPSA) is 60.5 Å². The van der Waals surface area contributed by atoms with E-state index in [1.54, 1.807) is 35.8 Å². The summed E-state index contributed by atoms with van der Waals surface area (Å²) in [5.41, 5.74) is 6.84. The van der Waals surface area contributed by atoms with Crippen LogP contribution < -0.4 is 10.5 Å². The van der Waals surface area contributed by atoms with Gasteiger partial charge in [-0.2, -0.15) is 0 Å². The van der Waals surface area contributed by atoms with Crippen molar-refractivity contribution in [1.29, 1.82) is 0 Å². The molecule has 0 aliphatic heterocycles. The molecule has 2 aromatic rings. The number of aryl methyl sites for hydroxylation is 1. The Labute approximate surface area is 132 Å². The highest BCUT2D eigenvalue weighted by atomic mass is 79.9. The molecule has 0 fully saturated rings. The van der Waals surface area contributed by atoms with E-state index in [0.717, 1.165) is 10.2 Å². The van der Waals surface area contributed by atoms with Gasteiger partial charge in [0.1, 0.15) is 18.1 Å². The number of rotatable bonds is 5. The van der Waals surface area contributed by atoms with E-state index in [1.165, 1.54) is 0 Å². The van der Waals surface area contributed by atoms with Crippen LogP contribution in [0.2, 0.25) is 0 Å². The van der Waals surface area contributed by atoms with Gasteiger partial charge in [-0.1, -0.05) is 15.9 Å². The van der Waals surface area contributed by atoms with E-state index in [1.807, 2.05) is 24.3 Å². The van der Waals surface area contributed by atoms with Gasteiger partial charge in [0.25, 0.3) is 5.91 Å². The van der Waals surface area contributed by atoms with Crippen LogP contribution in [0.15, 0.2) is 41.0 Å². The molecular weight excluding hydrogens is 334 g/mol. The van der Waals surface area contributed by atoms with Crippen molar-refractivity contribution in [3.8, 4) is 5.75 Å². The summed E-state index contributed by atoms with van der Waals surface area (Å²) >= 11 is 3.37. The van der Waals surface area contributed by atoms with Gasteiger partial charge in [-0.05, 0) is 30.3 Å². The first kappa shape index (κ1) is 15.4. The summed E-state index contributed by atoms with van der Waals surface area (Å²) in [5, 5.41) is 0. The van der Waals surface area contributed by atoms with Crippen LogP contribution in [0.1, 0.15) is 10.5 Å². The summed E-state index contributed by atoms with van der Waals surface area (Å²) in [6.07, 6.45) is 1.72. The molecule has 1 amide bonds. The zero-order valence-electron chi connectivity index (χ0n) is 12.0. The molecule has 6 heteroatoms. The van der Waals surface area contributed by atoms with Crippen molar-refractivity contribution >= 4 is 27.5 Å². The number of ether oxygens (including phenoxy) is 1. The minimum atomic E-state index is -0.0754. The smallest absolute Gasteiger partial charge is 0.270 e. The lowest BCUT2D eigenvalue weighted by Gasteiger charge is -2.17. The Hall–Kier alpha value is -1.95. The highest BCUT2D eigenvalue weighted by Gasteiger charge is 2.15. The Morgan fingerprint density at radius 2 is 2.05 bits per heavy atom. The van der Waals surface area contributed by atoms with E-state index in [9.17, 15) is 4.79 Å². The lowest BCUT2D eigenvalue weighted by molar-refractivity contribution is 0.0764. The Morgan fingerprint density at radius 1 is 1.38 bits per heavy atom. The second-order valence-electron chi connectivity index (χ2n) is 4.80. The standard InChI is InChI=1S/C15H18BrN3O2/c1-18(15(20)14-9-12(17)10-19(14)2)7-8-21-13-5-3-11(16)4-6-13/h3-6,9-10H,7-8,17H2,1-2H3. The Bertz CT molecular complexity index is 622. The molecule has 1 aromatic carbocycles. The Balaban J connectivity index is 1.87. The first-order valence-electron chi connectivity index (χ1n) is 6.53. The average molecular weight is 352 g/mol. The largest absolute Gasteiger partial charge is 0.492 e. The normalized spacial score (nSPS) is 10.4. The van der Waals surface area contributed by atoms with Gasteiger partial charge in [-0.25, -0.2) is 0 Å². The van der Waals surface area contributed by atoms with E-state index < -0.39 is 0 Å². The number of carbonyl (C=O) groups is 1. The second kappa shape index (κ2) is 6.67. The van der Waals surface area contributed by atoms with Crippen LogP contribution in [-0.4, -0.2) is 35.6 Å². The molecule has 0 radical (unpaired) electrons. The van der Waals surface area contributed by atoms with Gasteiger partial charge in [0, 0.05) is 24.8 Å². The number of aromatic nitrogens is 1. The van der Waals surface area contributed by atoms with Crippen molar-refractivity contribution in [2.24, 2.45) is 7.05 Å². The maximum absolute atomic E-state index is 12.3. The molecule has 2 N–H and O–H groups in total. The van der Waals surface area contributed by atoms with Gasteiger partial charge in [0.2, 0.25) is 0 Å². The molecular formula is C15H18BrN3O2. The predicted octanol–water partition coefficient (Wildman–Crippen LogP) is 2.52. The van der Waals surface area contributed by atoms with E-state index in [2.05, 4.69) is 15.9 Å². The summed E-state index contributed by atoms with van der Waals surface area (Å²) in [4.78, 5) is 13.9. The van der Waals surface area contributed by atoms with Crippen LogP contribution in [0, 0.1) is 0 Å². The highest BCUT2D eigenvalue weighted by molar-refractivity contribution is 9.10. The molecule has 0 saturated carbocycles. The number of hydrogen-bond acceptors (Lipinski definition) is 3. The van der Waals surface area contributed by atoms with Crippen molar-refractivity contribution in [1.82, 2.24) is 9.47 Å². The number of nitrogens with two attached hydrogens (primary N) is 1.